The van der Waals surface area contributed by atoms with Gasteiger partial charge in [0.15, 0.2) is 0 Å². The highest BCUT2D eigenvalue weighted by Crippen LogP contribution is 2.32. The van der Waals surface area contributed by atoms with Crippen LogP contribution in [0.4, 0.5) is 4.39 Å². The molecule has 1 atom stereocenters. The van der Waals surface area contributed by atoms with E-state index in [4.69, 9.17) is 17.4 Å². The minimum Gasteiger partial charge on any atom is -0.271 e. The highest BCUT2D eigenvalue weighted by Gasteiger charge is 2.27. The average molecular weight is 329 g/mol. The lowest BCUT2D eigenvalue weighted by Gasteiger charge is -2.21. The molecule has 1 aromatic heterocycles. The second-order valence-corrected chi connectivity index (χ2v) is 7.10. The summed E-state index contributed by atoms with van der Waals surface area (Å²) in [6.07, 6.45) is 0.539. The molecule has 114 valence electrons. The van der Waals surface area contributed by atoms with Gasteiger partial charge in [-0.15, -0.1) is 5.10 Å². The Balaban J connectivity index is 2.28. The van der Waals surface area contributed by atoms with Crippen molar-refractivity contribution in [2.75, 3.05) is 0 Å². The Morgan fingerprint density at radius 1 is 1.43 bits per heavy atom. The number of hydrogen-bond donors (Lipinski definition) is 2. The molecular formula is C14H18ClFN4S. The van der Waals surface area contributed by atoms with Crippen LogP contribution in [0.1, 0.15) is 42.9 Å². The van der Waals surface area contributed by atoms with Gasteiger partial charge in [-0.05, 0) is 35.6 Å². The average Bonchev–Trinajstić information content (AvgIpc) is 2.89. The van der Waals surface area contributed by atoms with Crippen molar-refractivity contribution in [3.63, 3.8) is 0 Å². The van der Waals surface area contributed by atoms with Gasteiger partial charge in [-0.1, -0.05) is 42.9 Å². The Bertz CT molecular complexity index is 624. The van der Waals surface area contributed by atoms with Crippen LogP contribution in [0, 0.1) is 5.82 Å². The van der Waals surface area contributed by atoms with E-state index in [1.54, 1.807) is 12.1 Å². The van der Waals surface area contributed by atoms with Gasteiger partial charge in [-0.2, -0.15) is 0 Å². The molecule has 2 rings (SSSR count). The van der Waals surface area contributed by atoms with Crippen LogP contribution in [0.3, 0.4) is 0 Å². The molecule has 21 heavy (non-hydrogen) atoms. The van der Waals surface area contributed by atoms with Crippen molar-refractivity contribution in [2.45, 2.75) is 38.6 Å². The summed E-state index contributed by atoms with van der Waals surface area (Å²) in [6.45, 7) is 6.22. The number of halogens is 2. The fourth-order valence-electron chi connectivity index (χ4n) is 2.08. The summed E-state index contributed by atoms with van der Waals surface area (Å²) in [5, 5.41) is 4.32. The zero-order valence-corrected chi connectivity index (χ0v) is 13.7. The van der Waals surface area contributed by atoms with Crippen LogP contribution in [0.2, 0.25) is 5.02 Å². The molecule has 4 nitrogen and oxygen atoms in total. The van der Waals surface area contributed by atoms with Crippen molar-refractivity contribution in [3.05, 3.63) is 45.2 Å². The van der Waals surface area contributed by atoms with E-state index in [1.807, 2.05) is 0 Å². The van der Waals surface area contributed by atoms with Crippen LogP contribution in [-0.2, 0) is 11.8 Å². The zero-order valence-electron chi connectivity index (χ0n) is 12.2. The normalized spacial score (nSPS) is 13.4. The van der Waals surface area contributed by atoms with Gasteiger partial charge in [0.25, 0.3) is 0 Å². The number of nitrogens with two attached hydrogens (primary N) is 1. The van der Waals surface area contributed by atoms with Gasteiger partial charge >= 0.3 is 0 Å². The maximum Gasteiger partial charge on any atom is 0.142 e. The first-order chi connectivity index (χ1) is 9.82. The van der Waals surface area contributed by atoms with Gasteiger partial charge in [0, 0.05) is 5.41 Å². The van der Waals surface area contributed by atoms with Gasteiger partial charge in [-0.25, -0.2) is 4.39 Å². The molecule has 3 N–H and O–H groups in total. The van der Waals surface area contributed by atoms with E-state index in [9.17, 15) is 4.39 Å². The molecule has 0 saturated carbocycles. The highest BCUT2D eigenvalue weighted by atomic mass is 35.5. The summed E-state index contributed by atoms with van der Waals surface area (Å²) in [7, 11) is 0. The molecule has 0 aliphatic carbocycles. The van der Waals surface area contributed by atoms with Crippen LogP contribution < -0.4 is 11.3 Å². The zero-order chi connectivity index (χ0) is 15.6. The summed E-state index contributed by atoms with van der Waals surface area (Å²) < 4.78 is 17.6. The molecule has 0 aliphatic heterocycles. The quantitative estimate of drug-likeness (QED) is 0.667. The molecule has 0 amide bonds. The number of hydrogen-bond acceptors (Lipinski definition) is 5. The predicted molar refractivity (Wildman–Crippen MR) is 83.8 cm³/mol. The minimum absolute atomic E-state index is 0.117. The Kier molecular flexibility index (Phi) is 4.93. The summed E-state index contributed by atoms with van der Waals surface area (Å²) in [5.41, 5.74) is 4.37. The van der Waals surface area contributed by atoms with E-state index in [0.29, 0.717) is 6.42 Å². The third-order valence-electron chi connectivity index (χ3n) is 3.17. The molecule has 2 aromatic rings. The molecule has 0 saturated heterocycles. The molecule has 7 heteroatoms. The Labute approximate surface area is 132 Å². The Morgan fingerprint density at radius 2 is 2.14 bits per heavy atom. The van der Waals surface area contributed by atoms with Gasteiger partial charge in [0.2, 0.25) is 0 Å². The van der Waals surface area contributed by atoms with Crippen LogP contribution >= 0.6 is 23.1 Å². The lowest BCUT2D eigenvalue weighted by atomic mass is 9.89. The van der Waals surface area contributed by atoms with Crippen molar-refractivity contribution >= 4 is 23.1 Å². The molecule has 1 aromatic carbocycles. The van der Waals surface area contributed by atoms with Crippen LogP contribution in [-0.4, -0.2) is 9.59 Å². The smallest absolute Gasteiger partial charge is 0.142 e. The highest BCUT2D eigenvalue weighted by molar-refractivity contribution is 7.05. The first-order valence-electron chi connectivity index (χ1n) is 6.55. The second-order valence-electron chi connectivity index (χ2n) is 5.91. The molecule has 0 spiro atoms. The van der Waals surface area contributed by atoms with E-state index >= 15 is 0 Å². The van der Waals surface area contributed by atoms with E-state index < -0.39 is 5.82 Å². The third-order valence-corrected chi connectivity index (χ3v) is 4.31. The summed E-state index contributed by atoms with van der Waals surface area (Å²) in [5.74, 6) is 5.25. The van der Waals surface area contributed by atoms with Crippen molar-refractivity contribution in [3.8, 4) is 0 Å². The standard InChI is InChI=1S/C14H18ClFN4S/c1-14(2,3)13-12(21-20-19-13)11(18-17)7-8-4-5-9(15)10(16)6-8/h4-6,11,18H,7,17H2,1-3H3. The van der Waals surface area contributed by atoms with Crippen molar-refractivity contribution in [1.29, 1.82) is 0 Å². The van der Waals surface area contributed by atoms with Gasteiger partial charge in [-0.3, -0.25) is 11.3 Å². The van der Waals surface area contributed by atoms with E-state index in [2.05, 4.69) is 35.8 Å². The van der Waals surface area contributed by atoms with Crippen LogP contribution in [0.5, 0.6) is 0 Å². The SMILES string of the molecule is CC(C)(C)c1nnsc1C(Cc1ccc(Cl)c(F)c1)NN. The van der Waals surface area contributed by atoms with Crippen molar-refractivity contribution < 1.29 is 4.39 Å². The summed E-state index contributed by atoms with van der Waals surface area (Å²) in [4.78, 5) is 0.973. The molecule has 0 fully saturated rings. The van der Waals surface area contributed by atoms with Crippen LogP contribution in [0.25, 0.3) is 0 Å². The first-order valence-corrected chi connectivity index (χ1v) is 7.71. The summed E-state index contributed by atoms with van der Waals surface area (Å²) in [6, 6.07) is 4.61. The van der Waals surface area contributed by atoms with Crippen LogP contribution in [0.15, 0.2) is 18.2 Å². The molecule has 1 heterocycles. The maximum absolute atomic E-state index is 13.5. The monoisotopic (exact) mass is 328 g/mol. The predicted octanol–water partition coefficient (Wildman–Crippen LogP) is 3.38. The first kappa shape index (κ1) is 16.3. The van der Waals surface area contributed by atoms with Gasteiger partial charge in [0.05, 0.1) is 21.6 Å². The summed E-state index contributed by atoms with van der Waals surface area (Å²) >= 11 is 7.01. The van der Waals surface area contributed by atoms with Crippen molar-refractivity contribution in [2.24, 2.45) is 5.84 Å². The lowest BCUT2D eigenvalue weighted by Crippen LogP contribution is -2.31. The third kappa shape index (κ3) is 3.77. The molecule has 1 unspecified atom stereocenters. The van der Waals surface area contributed by atoms with E-state index in [0.717, 1.165) is 16.1 Å². The second kappa shape index (κ2) is 6.36. The topological polar surface area (TPSA) is 63.8 Å². The van der Waals surface area contributed by atoms with Gasteiger partial charge in [0.1, 0.15) is 5.82 Å². The molecular weight excluding hydrogens is 311 g/mol. The Morgan fingerprint density at radius 3 is 2.71 bits per heavy atom. The Hall–Kier alpha value is -1.08. The fourth-order valence-corrected chi connectivity index (χ4v) is 3.12. The fraction of sp³-hybridized carbons (Fsp3) is 0.429. The van der Waals surface area contributed by atoms with Crippen molar-refractivity contribution in [1.82, 2.24) is 15.0 Å². The number of benzene rings is 1. The van der Waals surface area contributed by atoms with E-state index in [1.165, 1.54) is 17.6 Å². The maximum atomic E-state index is 13.5. The largest absolute Gasteiger partial charge is 0.271 e. The van der Waals surface area contributed by atoms with E-state index in [-0.39, 0.29) is 16.5 Å². The lowest BCUT2D eigenvalue weighted by molar-refractivity contribution is 0.514. The number of nitrogens with one attached hydrogen (secondary N) is 1. The number of hydrazine groups is 1. The molecule has 0 bridgehead atoms. The van der Waals surface area contributed by atoms with Gasteiger partial charge < -0.3 is 0 Å². The molecule has 0 aliphatic rings. The number of nitrogens with zero attached hydrogens (tertiary/aromatic N) is 2. The number of aromatic nitrogens is 2. The number of rotatable bonds is 4. The molecule has 0 radical (unpaired) electrons. The minimum atomic E-state index is -0.427.